The number of nitrogens with zero attached hydrogens (tertiary/aromatic N) is 2. The molecule has 0 aliphatic carbocycles. The number of pyridine rings is 1. The van der Waals surface area contributed by atoms with Crippen molar-refractivity contribution in [3.63, 3.8) is 0 Å². The van der Waals surface area contributed by atoms with Crippen LogP contribution in [0.25, 0.3) is 0 Å². The number of hydrogen-bond donors (Lipinski definition) is 3. The fourth-order valence-corrected chi connectivity index (χ4v) is 3.51. The Kier molecular flexibility index (Phi) is 9.03. The molecule has 0 radical (unpaired) electrons. The summed E-state index contributed by atoms with van der Waals surface area (Å²) in [5.41, 5.74) is 3.29. The molecule has 3 rings (SSSR count). The van der Waals surface area contributed by atoms with Crippen molar-refractivity contribution in [1.29, 1.82) is 0 Å². The molecule has 0 fully saturated rings. The van der Waals surface area contributed by atoms with E-state index in [4.69, 9.17) is 0 Å². The Balaban J connectivity index is 1.63. The van der Waals surface area contributed by atoms with Gasteiger partial charge in [-0.1, -0.05) is 26.7 Å². The Morgan fingerprint density at radius 3 is 1.88 bits per heavy atom. The van der Waals surface area contributed by atoms with Crippen molar-refractivity contribution >= 4 is 34.8 Å². The normalized spacial score (nSPS) is 10.5. The molecule has 1 heterocycles. The number of amides is 1. The van der Waals surface area contributed by atoms with Crippen molar-refractivity contribution in [3.05, 3.63) is 78.0 Å². The predicted molar refractivity (Wildman–Crippen MR) is 136 cm³/mol. The molecule has 178 valence electrons. The van der Waals surface area contributed by atoms with Gasteiger partial charge in [-0.15, -0.1) is 0 Å². The second-order valence-electron chi connectivity index (χ2n) is 8.11. The van der Waals surface area contributed by atoms with Crippen LogP contribution in [0, 0.1) is 0 Å². The van der Waals surface area contributed by atoms with Gasteiger partial charge in [0.05, 0.1) is 0 Å². The number of carbonyl (C=O) groups excluding carboxylic acids is 1. The van der Waals surface area contributed by atoms with E-state index in [2.05, 4.69) is 29.5 Å². The van der Waals surface area contributed by atoms with E-state index in [0.717, 1.165) is 55.8 Å². The van der Waals surface area contributed by atoms with Crippen molar-refractivity contribution in [2.24, 2.45) is 0 Å². The van der Waals surface area contributed by atoms with Crippen LogP contribution in [0.5, 0.6) is 0 Å². The first-order chi connectivity index (χ1) is 16.5. The molecule has 2 aromatic carbocycles. The van der Waals surface area contributed by atoms with E-state index in [9.17, 15) is 14.7 Å². The van der Waals surface area contributed by atoms with E-state index < -0.39 is 5.97 Å². The topological polar surface area (TPSA) is 94.6 Å². The second-order valence-corrected chi connectivity index (χ2v) is 8.11. The van der Waals surface area contributed by atoms with Crippen molar-refractivity contribution in [1.82, 2.24) is 9.88 Å². The Hall–Kier alpha value is -3.87. The number of carboxylic acid groups (broad SMARTS) is 1. The molecule has 0 saturated carbocycles. The maximum absolute atomic E-state index is 12.9. The molecule has 0 aliphatic rings. The third-order valence-corrected chi connectivity index (χ3v) is 5.46. The number of hydrogen-bond acceptors (Lipinski definition) is 5. The molecule has 7 nitrogen and oxygen atoms in total. The van der Waals surface area contributed by atoms with Gasteiger partial charge in [0.15, 0.2) is 0 Å². The van der Waals surface area contributed by atoms with Crippen LogP contribution < -0.4 is 10.6 Å². The van der Waals surface area contributed by atoms with Crippen molar-refractivity contribution in [2.75, 3.05) is 23.7 Å². The smallest absolute Gasteiger partial charge is 0.339 e. The number of aromatic nitrogens is 1. The molecule has 3 aromatic rings. The third kappa shape index (κ3) is 6.81. The minimum atomic E-state index is -1.03. The number of unbranched alkanes of at least 4 members (excludes halogenated alkanes) is 2. The maximum Gasteiger partial charge on any atom is 0.339 e. The van der Waals surface area contributed by atoms with Crippen LogP contribution in [-0.2, 0) is 0 Å². The largest absolute Gasteiger partial charge is 0.478 e. The lowest BCUT2D eigenvalue weighted by Crippen LogP contribution is -2.32. The van der Waals surface area contributed by atoms with Crippen LogP contribution in [0.1, 0.15) is 60.2 Å². The van der Waals surface area contributed by atoms with Crippen LogP contribution in [0.15, 0.2) is 66.9 Å². The number of benzene rings is 2. The number of anilines is 4. The highest BCUT2D eigenvalue weighted by Gasteiger charge is 2.15. The highest BCUT2D eigenvalue weighted by atomic mass is 16.4. The Labute approximate surface area is 200 Å². The lowest BCUT2D eigenvalue weighted by Gasteiger charge is -2.22. The summed E-state index contributed by atoms with van der Waals surface area (Å²) in [6.07, 6.45) is 5.70. The molecular formula is C27H32N4O3. The zero-order valence-electron chi connectivity index (χ0n) is 19.8. The van der Waals surface area contributed by atoms with Gasteiger partial charge in [-0.3, -0.25) is 4.79 Å². The lowest BCUT2D eigenvalue weighted by molar-refractivity contribution is 0.0696. The first kappa shape index (κ1) is 24.8. The molecule has 0 saturated heterocycles. The zero-order valence-corrected chi connectivity index (χ0v) is 19.8. The number of rotatable bonds is 12. The number of carbonyl (C=O) groups is 2. The SMILES string of the molecule is CCCCN(CCCC)C(=O)c1ccc(Nc2ccc(Nc3ncccc3C(=O)O)cc2)cc1. The van der Waals surface area contributed by atoms with Gasteiger partial charge in [0.25, 0.3) is 5.91 Å². The fourth-order valence-electron chi connectivity index (χ4n) is 3.51. The number of carboxylic acids is 1. The number of nitrogens with one attached hydrogen (secondary N) is 2. The summed E-state index contributed by atoms with van der Waals surface area (Å²) in [4.78, 5) is 30.4. The summed E-state index contributed by atoms with van der Waals surface area (Å²) >= 11 is 0. The second kappa shape index (κ2) is 12.4. The van der Waals surface area contributed by atoms with E-state index in [0.29, 0.717) is 11.4 Å². The highest BCUT2D eigenvalue weighted by Crippen LogP contribution is 2.23. The quantitative estimate of drug-likeness (QED) is 0.293. The molecule has 0 aliphatic heterocycles. The van der Waals surface area contributed by atoms with Crippen molar-refractivity contribution in [3.8, 4) is 0 Å². The molecule has 7 heteroatoms. The summed E-state index contributed by atoms with van der Waals surface area (Å²) in [6.45, 7) is 5.86. The maximum atomic E-state index is 12.9. The van der Waals surface area contributed by atoms with Gasteiger partial charge in [-0.25, -0.2) is 9.78 Å². The molecule has 0 bridgehead atoms. The Bertz CT molecular complexity index is 1070. The average molecular weight is 461 g/mol. The minimum absolute atomic E-state index is 0.0825. The van der Waals surface area contributed by atoms with E-state index in [1.54, 1.807) is 12.3 Å². The standard InChI is InChI=1S/C27H32N4O3/c1-3-5-18-31(19-6-4-2)26(32)20-9-11-21(12-10-20)29-22-13-15-23(16-14-22)30-25-24(27(33)34)8-7-17-28-25/h7-17,29H,3-6,18-19H2,1-2H3,(H,28,30)(H,33,34). The predicted octanol–water partition coefficient (Wildman–Crippen LogP) is 6.31. The van der Waals surface area contributed by atoms with Crippen LogP contribution in [0.4, 0.5) is 22.9 Å². The van der Waals surface area contributed by atoms with Gasteiger partial charge in [-0.05, 0) is 73.5 Å². The monoisotopic (exact) mass is 460 g/mol. The van der Waals surface area contributed by atoms with Gasteiger partial charge in [0.1, 0.15) is 11.4 Å². The lowest BCUT2D eigenvalue weighted by atomic mass is 10.1. The molecule has 34 heavy (non-hydrogen) atoms. The Morgan fingerprint density at radius 2 is 1.35 bits per heavy atom. The van der Waals surface area contributed by atoms with Gasteiger partial charge < -0.3 is 20.6 Å². The van der Waals surface area contributed by atoms with Crippen molar-refractivity contribution < 1.29 is 14.7 Å². The van der Waals surface area contributed by atoms with E-state index >= 15 is 0 Å². The van der Waals surface area contributed by atoms with E-state index in [-0.39, 0.29) is 11.5 Å². The van der Waals surface area contributed by atoms with E-state index in [1.807, 2.05) is 53.4 Å². The first-order valence-electron chi connectivity index (χ1n) is 11.7. The molecule has 1 aromatic heterocycles. The summed E-state index contributed by atoms with van der Waals surface area (Å²) in [5.74, 6) is -0.656. The van der Waals surface area contributed by atoms with Crippen LogP contribution in [0.2, 0.25) is 0 Å². The summed E-state index contributed by atoms with van der Waals surface area (Å²) < 4.78 is 0. The summed E-state index contributed by atoms with van der Waals surface area (Å²) in [7, 11) is 0. The van der Waals surface area contributed by atoms with Crippen LogP contribution >= 0.6 is 0 Å². The van der Waals surface area contributed by atoms with Gasteiger partial charge in [0, 0.05) is 41.9 Å². The van der Waals surface area contributed by atoms with E-state index in [1.165, 1.54) is 6.07 Å². The van der Waals surface area contributed by atoms with Gasteiger partial charge >= 0.3 is 5.97 Å². The Morgan fingerprint density at radius 1 is 0.824 bits per heavy atom. The molecule has 3 N–H and O–H groups in total. The third-order valence-electron chi connectivity index (χ3n) is 5.46. The summed E-state index contributed by atoms with van der Waals surface area (Å²) in [6, 6.07) is 18.1. The fraction of sp³-hybridized carbons (Fsp3) is 0.296. The highest BCUT2D eigenvalue weighted by molar-refractivity contribution is 5.95. The van der Waals surface area contributed by atoms with Crippen molar-refractivity contribution in [2.45, 2.75) is 39.5 Å². The molecule has 0 unspecified atom stereocenters. The van der Waals surface area contributed by atoms with Gasteiger partial charge in [-0.2, -0.15) is 0 Å². The number of aromatic carboxylic acids is 1. The van der Waals surface area contributed by atoms with Crippen LogP contribution in [0.3, 0.4) is 0 Å². The average Bonchev–Trinajstić information content (AvgIpc) is 2.85. The molecule has 0 atom stereocenters. The summed E-state index contributed by atoms with van der Waals surface area (Å²) in [5, 5.41) is 15.7. The minimum Gasteiger partial charge on any atom is -0.478 e. The van der Waals surface area contributed by atoms with Gasteiger partial charge in [0.2, 0.25) is 0 Å². The molecule has 0 spiro atoms. The first-order valence-corrected chi connectivity index (χ1v) is 11.7. The zero-order chi connectivity index (χ0) is 24.3. The molecule has 1 amide bonds. The van der Waals surface area contributed by atoms with Crippen LogP contribution in [-0.4, -0.2) is 40.0 Å². The molecular weight excluding hydrogens is 428 g/mol.